The number of para-hydroxylation sites is 1. The van der Waals surface area contributed by atoms with E-state index >= 15 is 0 Å². The zero-order valence-electron chi connectivity index (χ0n) is 9.09. The molecular formula is C13H14N2O. The van der Waals surface area contributed by atoms with E-state index in [0.29, 0.717) is 0 Å². The van der Waals surface area contributed by atoms with Gasteiger partial charge in [0.05, 0.1) is 0 Å². The van der Waals surface area contributed by atoms with E-state index in [1.54, 1.807) is 18.3 Å². The molecule has 1 aromatic carbocycles. The highest BCUT2D eigenvalue weighted by Gasteiger charge is 2.03. The number of allylic oxidation sites excluding steroid dienone is 2. The molecule has 82 valence electrons. The Kier molecular flexibility index (Phi) is 3.05. The Balaban J connectivity index is 2.11. The van der Waals surface area contributed by atoms with Crippen molar-refractivity contribution in [1.29, 1.82) is 0 Å². The second kappa shape index (κ2) is 4.66. The first-order valence-corrected chi connectivity index (χ1v) is 5.18. The van der Waals surface area contributed by atoms with Crippen LogP contribution >= 0.6 is 0 Å². The Morgan fingerprint density at radius 3 is 2.94 bits per heavy atom. The number of phenolic OH excluding ortho intramolecular Hbond substituents is 1. The SMILES string of the molecule is CC1=CC(/N=C/c2ccccc2O)NC=C1. The maximum absolute atomic E-state index is 9.55. The van der Waals surface area contributed by atoms with Crippen LogP contribution in [0.2, 0.25) is 0 Å². The van der Waals surface area contributed by atoms with Crippen molar-refractivity contribution >= 4 is 6.21 Å². The van der Waals surface area contributed by atoms with Crippen LogP contribution in [0.4, 0.5) is 0 Å². The van der Waals surface area contributed by atoms with Gasteiger partial charge in [-0.3, -0.25) is 4.99 Å². The molecule has 0 amide bonds. The lowest BCUT2D eigenvalue weighted by Crippen LogP contribution is -2.22. The van der Waals surface area contributed by atoms with Gasteiger partial charge in [-0.2, -0.15) is 0 Å². The number of nitrogens with one attached hydrogen (secondary N) is 1. The average Bonchev–Trinajstić information content (AvgIpc) is 2.28. The van der Waals surface area contributed by atoms with E-state index < -0.39 is 0 Å². The van der Waals surface area contributed by atoms with Crippen LogP contribution < -0.4 is 5.32 Å². The second-order valence-corrected chi connectivity index (χ2v) is 3.69. The number of nitrogens with zero attached hydrogens (tertiary/aromatic N) is 1. The Labute approximate surface area is 94.8 Å². The molecule has 0 saturated heterocycles. The number of aromatic hydroxyl groups is 1. The summed E-state index contributed by atoms with van der Waals surface area (Å²) in [6, 6.07) is 7.14. The monoisotopic (exact) mass is 214 g/mol. The van der Waals surface area contributed by atoms with Crippen LogP contribution in [0.5, 0.6) is 5.75 Å². The Bertz CT molecular complexity index is 461. The lowest BCUT2D eigenvalue weighted by atomic mass is 10.2. The molecule has 2 N–H and O–H groups in total. The Hall–Kier alpha value is -2.03. The van der Waals surface area contributed by atoms with Crippen LogP contribution in [-0.4, -0.2) is 17.5 Å². The van der Waals surface area contributed by atoms with Gasteiger partial charge in [0.2, 0.25) is 0 Å². The zero-order valence-corrected chi connectivity index (χ0v) is 9.09. The van der Waals surface area contributed by atoms with Crippen LogP contribution in [0.3, 0.4) is 0 Å². The number of dihydropyridines is 1. The van der Waals surface area contributed by atoms with Crippen molar-refractivity contribution in [2.45, 2.75) is 13.1 Å². The fourth-order valence-electron chi connectivity index (χ4n) is 1.47. The highest BCUT2D eigenvalue weighted by Crippen LogP contribution is 2.13. The van der Waals surface area contributed by atoms with Gasteiger partial charge in [0.15, 0.2) is 0 Å². The van der Waals surface area contributed by atoms with Gasteiger partial charge < -0.3 is 10.4 Å². The predicted octanol–water partition coefficient (Wildman–Crippen LogP) is 2.20. The summed E-state index contributed by atoms with van der Waals surface area (Å²) in [6.07, 6.45) is 7.52. The van der Waals surface area contributed by atoms with Crippen molar-refractivity contribution in [1.82, 2.24) is 5.32 Å². The smallest absolute Gasteiger partial charge is 0.137 e. The molecule has 2 rings (SSSR count). The second-order valence-electron chi connectivity index (χ2n) is 3.69. The molecule has 0 saturated carbocycles. The fraction of sp³-hybridized carbons (Fsp3) is 0.154. The third kappa shape index (κ3) is 2.51. The molecule has 1 atom stereocenters. The van der Waals surface area contributed by atoms with Crippen molar-refractivity contribution < 1.29 is 5.11 Å². The molecule has 1 aliphatic heterocycles. The molecule has 1 aromatic rings. The van der Waals surface area contributed by atoms with E-state index in [9.17, 15) is 5.11 Å². The van der Waals surface area contributed by atoms with E-state index in [4.69, 9.17) is 0 Å². The number of aliphatic imine (C=N–C) groups is 1. The molecule has 3 heteroatoms. The van der Waals surface area contributed by atoms with Crippen LogP contribution in [0.1, 0.15) is 12.5 Å². The van der Waals surface area contributed by atoms with Crippen molar-refractivity contribution in [2.75, 3.05) is 0 Å². The highest BCUT2D eigenvalue weighted by molar-refractivity contribution is 5.83. The molecule has 0 bridgehead atoms. The molecule has 0 aliphatic carbocycles. The largest absolute Gasteiger partial charge is 0.507 e. The summed E-state index contributed by atoms with van der Waals surface area (Å²) in [5.41, 5.74) is 1.91. The van der Waals surface area contributed by atoms with Crippen molar-refractivity contribution in [3.63, 3.8) is 0 Å². The van der Waals surface area contributed by atoms with Gasteiger partial charge in [-0.25, -0.2) is 0 Å². The predicted molar refractivity (Wildman–Crippen MR) is 65.5 cm³/mol. The number of rotatable bonds is 2. The highest BCUT2D eigenvalue weighted by atomic mass is 16.3. The fourth-order valence-corrected chi connectivity index (χ4v) is 1.47. The van der Waals surface area contributed by atoms with Crippen LogP contribution in [-0.2, 0) is 0 Å². The molecule has 0 fully saturated rings. The molecule has 1 unspecified atom stereocenters. The first-order chi connectivity index (χ1) is 7.75. The summed E-state index contributed by atoms with van der Waals surface area (Å²) < 4.78 is 0. The van der Waals surface area contributed by atoms with Gasteiger partial charge in [-0.05, 0) is 43.0 Å². The number of hydrogen-bond acceptors (Lipinski definition) is 3. The third-order valence-electron chi connectivity index (χ3n) is 2.34. The lowest BCUT2D eigenvalue weighted by molar-refractivity contribution is 0.474. The molecule has 0 radical (unpaired) electrons. The van der Waals surface area contributed by atoms with Gasteiger partial charge in [-0.15, -0.1) is 0 Å². The summed E-state index contributed by atoms with van der Waals surface area (Å²) in [4.78, 5) is 4.34. The first kappa shape index (κ1) is 10.5. The summed E-state index contributed by atoms with van der Waals surface area (Å²) in [6.45, 7) is 2.03. The third-order valence-corrected chi connectivity index (χ3v) is 2.34. The number of phenols is 1. The van der Waals surface area contributed by atoms with E-state index in [1.807, 2.05) is 37.4 Å². The summed E-state index contributed by atoms with van der Waals surface area (Å²) >= 11 is 0. The number of hydrogen-bond donors (Lipinski definition) is 2. The summed E-state index contributed by atoms with van der Waals surface area (Å²) in [5, 5.41) is 12.7. The number of benzene rings is 1. The summed E-state index contributed by atoms with van der Waals surface area (Å²) in [5.74, 6) is 0.248. The van der Waals surface area contributed by atoms with Crippen molar-refractivity contribution in [3.8, 4) is 5.75 Å². The quantitative estimate of drug-likeness (QED) is 0.741. The van der Waals surface area contributed by atoms with E-state index in [0.717, 1.165) is 5.56 Å². The maximum atomic E-state index is 9.55. The van der Waals surface area contributed by atoms with E-state index in [1.165, 1.54) is 5.57 Å². The van der Waals surface area contributed by atoms with Gasteiger partial charge in [0, 0.05) is 11.8 Å². The minimum Gasteiger partial charge on any atom is -0.507 e. The minimum absolute atomic E-state index is 0.0513. The molecule has 1 aliphatic rings. The standard InChI is InChI=1S/C13H14N2O/c1-10-6-7-14-13(8-10)15-9-11-4-2-3-5-12(11)16/h2-9,13-14,16H,1H3/b15-9+. The normalized spacial score (nSPS) is 19.6. The van der Waals surface area contributed by atoms with Gasteiger partial charge in [0.25, 0.3) is 0 Å². The Morgan fingerprint density at radius 2 is 2.19 bits per heavy atom. The molecule has 0 aromatic heterocycles. The molecule has 16 heavy (non-hydrogen) atoms. The van der Waals surface area contributed by atoms with Crippen molar-refractivity contribution in [3.05, 3.63) is 53.8 Å². The topological polar surface area (TPSA) is 44.6 Å². The van der Waals surface area contributed by atoms with Gasteiger partial charge >= 0.3 is 0 Å². The molecule has 1 heterocycles. The molecule has 3 nitrogen and oxygen atoms in total. The maximum Gasteiger partial charge on any atom is 0.137 e. The van der Waals surface area contributed by atoms with Gasteiger partial charge in [0.1, 0.15) is 11.9 Å². The van der Waals surface area contributed by atoms with E-state index in [-0.39, 0.29) is 11.9 Å². The molecule has 0 spiro atoms. The van der Waals surface area contributed by atoms with Gasteiger partial charge in [-0.1, -0.05) is 12.1 Å². The van der Waals surface area contributed by atoms with E-state index in [2.05, 4.69) is 10.3 Å². The lowest BCUT2D eigenvalue weighted by Gasteiger charge is -2.13. The zero-order chi connectivity index (χ0) is 11.4. The van der Waals surface area contributed by atoms with Crippen molar-refractivity contribution in [2.24, 2.45) is 4.99 Å². The Morgan fingerprint density at radius 1 is 1.38 bits per heavy atom. The van der Waals surface area contributed by atoms with Crippen LogP contribution in [0, 0.1) is 0 Å². The van der Waals surface area contributed by atoms with Crippen LogP contribution in [0.25, 0.3) is 0 Å². The average molecular weight is 214 g/mol. The van der Waals surface area contributed by atoms with Crippen LogP contribution in [0.15, 0.2) is 53.2 Å². The minimum atomic E-state index is -0.0513. The molecular weight excluding hydrogens is 200 g/mol. The first-order valence-electron chi connectivity index (χ1n) is 5.18. The summed E-state index contributed by atoms with van der Waals surface area (Å²) in [7, 11) is 0.